The lowest BCUT2D eigenvalue weighted by Crippen LogP contribution is -2.09. The van der Waals surface area contributed by atoms with E-state index in [4.69, 9.17) is 10.5 Å². The van der Waals surface area contributed by atoms with Crippen molar-refractivity contribution in [3.63, 3.8) is 0 Å². The molecule has 0 aliphatic heterocycles. The van der Waals surface area contributed by atoms with Crippen molar-refractivity contribution < 1.29 is 4.74 Å². The molecule has 5 heteroatoms. The lowest BCUT2D eigenvalue weighted by Gasteiger charge is -2.08. The molecule has 0 bridgehead atoms. The Labute approximate surface area is 126 Å². The molecule has 2 aromatic rings. The van der Waals surface area contributed by atoms with E-state index in [0.29, 0.717) is 13.2 Å². The minimum atomic E-state index is 0.538. The molecule has 0 aliphatic rings. The van der Waals surface area contributed by atoms with Gasteiger partial charge in [-0.25, -0.2) is 9.67 Å². The standard InChI is InChI=1S/C16H24N4O/c1-3-15-18-16(4-2)20(19-15)9-6-10-21-14-8-5-7-13(11-14)12-17/h5,7-8,11H,3-4,6,9-10,12,17H2,1-2H3. The predicted molar refractivity (Wildman–Crippen MR) is 83.2 cm³/mol. The molecule has 21 heavy (non-hydrogen) atoms. The number of nitrogens with zero attached hydrogens (tertiary/aromatic N) is 3. The van der Waals surface area contributed by atoms with Gasteiger partial charge in [-0.1, -0.05) is 26.0 Å². The summed E-state index contributed by atoms with van der Waals surface area (Å²) in [6.07, 6.45) is 2.70. The van der Waals surface area contributed by atoms with E-state index in [1.54, 1.807) is 0 Å². The Morgan fingerprint density at radius 3 is 2.81 bits per heavy atom. The largest absolute Gasteiger partial charge is 0.494 e. The second kappa shape index (κ2) is 7.78. The maximum atomic E-state index is 5.76. The first-order valence-electron chi connectivity index (χ1n) is 7.61. The summed E-state index contributed by atoms with van der Waals surface area (Å²) in [5.41, 5.74) is 6.71. The lowest BCUT2D eigenvalue weighted by atomic mass is 10.2. The summed E-state index contributed by atoms with van der Waals surface area (Å²) in [4.78, 5) is 4.50. The quantitative estimate of drug-likeness (QED) is 0.757. The normalized spacial score (nSPS) is 10.8. The van der Waals surface area contributed by atoms with Crippen LogP contribution in [0.4, 0.5) is 0 Å². The van der Waals surface area contributed by atoms with Gasteiger partial charge in [0, 0.05) is 32.4 Å². The van der Waals surface area contributed by atoms with E-state index in [2.05, 4.69) is 23.9 Å². The van der Waals surface area contributed by atoms with Crippen molar-refractivity contribution in [3.05, 3.63) is 41.5 Å². The van der Waals surface area contributed by atoms with Gasteiger partial charge in [0.15, 0.2) is 5.82 Å². The van der Waals surface area contributed by atoms with E-state index < -0.39 is 0 Å². The molecule has 0 amide bonds. The highest BCUT2D eigenvalue weighted by molar-refractivity contribution is 5.28. The Morgan fingerprint density at radius 2 is 2.10 bits per heavy atom. The van der Waals surface area contributed by atoms with Crippen molar-refractivity contribution >= 4 is 0 Å². The fourth-order valence-corrected chi connectivity index (χ4v) is 2.18. The molecule has 0 fully saturated rings. The highest BCUT2D eigenvalue weighted by Gasteiger charge is 2.06. The van der Waals surface area contributed by atoms with Crippen molar-refractivity contribution in [3.8, 4) is 5.75 Å². The third-order valence-electron chi connectivity index (χ3n) is 3.34. The van der Waals surface area contributed by atoms with Crippen molar-refractivity contribution in [1.82, 2.24) is 14.8 Å². The van der Waals surface area contributed by atoms with Crippen LogP contribution in [-0.2, 0) is 25.9 Å². The molecule has 114 valence electrons. The summed E-state index contributed by atoms with van der Waals surface area (Å²) in [7, 11) is 0. The number of aromatic nitrogens is 3. The monoisotopic (exact) mass is 288 g/mol. The molecule has 0 radical (unpaired) electrons. The first kappa shape index (κ1) is 15.5. The van der Waals surface area contributed by atoms with Crippen LogP contribution in [-0.4, -0.2) is 21.4 Å². The molecule has 0 unspecified atom stereocenters. The van der Waals surface area contributed by atoms with Crippen LogP contribution in [0.3, 0.4) is 0 Å². The summed E-state index contributed by atoms with van der Waals surface area (Å²) in [6, 6.07) is 7.92. The number of hydrogen-bond acceptors (Lipinski definition) is 4. The van der Waals surface area contributed by atoms with Gasteiger partial charge in [-0.2, -0.15) is 5.10 Å². The summed E-state index contributed by atoms with van der Waals surface area (Å²) in [5.74, 6) is 2.85. The van der Waals surface area contributed by atoms with E-state index >= 15 is 0 Å². The minimum Gasteiger partial charge on any atom is -0.494 e. The molecule has 0 spiro atoms. The molecule has 0 saturated carbocycles. The molecule has 2 rings (SSSR count). The second-order valence-electron chi connectivity index (χ2n) is 4.93. The van der Waals surface area contributed by atoms with Gasteiger partial charge in [0.2, 0.25) is 0 Å². The maximum absolute atomic E-state index is 5.76. The predicted octanol–water partition coefficient (Wildman–Crippen LogP) is 2.33. The lowest BCUT2D eigenvalue weighted by molar-refractivity contribution is 0.297. The summed E-state index contributed by atoms with van der Waals surface area (Å²) >= 11 is 0. The average Bonchev–Trinajstić information content (AvgIpc) is 2.94. The van der Waals surface area contributed by atoms with Gasteiger partial charge in [0.05, 0.1) is 6.61 Å². The highest BCUT2D eigenvalue weighted by Crippen LogP contribution is 2.13. The number of hydrogen-bond donors (Lipinski definition) is 1. The van der Waals surface area contributed by atoms with Gasteiger partial charge < -0.3 is 10.5 Å². The Hall–Kier alpha value is -1.88. The van der Waals surface area contributed by atoms with Crippen molar-refractivity contribution in [2.75, 3.05) is 6.61 Å². The number of rotatable bonds is 8. The first-order chi connectivity index (χ1) is 10.3. The third-order valence-corrected chi connectivity index (χ3v) is 3.34. The third kappa shape index (κ3) is 4.29. The van der Waals surface area contributed by atoms with Crippen LogP contribution >= 0.6 is 0 Å². The summed E-state index contributed by atoms with van der Waals surface area (Å²) < 4.78 is 7.76. The summed E-state index contributed by atoms with van der Waals surface area (Å²) in [6.45, 7) is 6.22. The van der Waals surface area contributed by atoms with Crippen LogP contribution in [0.15, 0.2) is 24.3 Å². The second-order valence-corrected chi connectivity index (χ2v) is 4.93. The molecule has 0 aliphatic carbocycles. The number of ether oxygens (including phenoxy) is 1. The van der Waals surface area contributed by atoms with Crippen LogP contribution in [0, 0.1) is 0 Å². The first-order valence-corrected chi connectivity index (χ1v) is 7.61. The van der Waals surface area contributed by atoms with Crippen molar-refractivity contribution in [2.45, 2.75) is 46.2 Å². The van der Waals surface area contributed by atoms with Gasteiger partial charge in [-0.15, -0.1) is 0 Å². The van der Waals surface area contributed by atoms with Gasteiger partial charge in [0.1, 0.15) is 11.6 Å². The van der Waals surface area contributed by atoms with E-state index in [1.807, 2.05) is 28.9 Å². The molecule has 5 nitrogen and oxygen atoms in total. The van der Waals surface area contributed by atoms with Crippen LogP contribution in [0.2, 0.25) is 0 Å². The Bertz CT molecular complexity index is 565. The molecule has 1 heterocycles. The molecule has 0 atom stereocenters. The van der Waals surface area contributed by atoms with Gasteiger partial charge in [0.25, 0.3) is 0 Å². The minimum absolute atomic E-state index is 0.538. The zero-order valence-electron chi connectivity index (χ0n) is 12.9. The molecule has 1 aromatic carbocycles. The molecular weight excluding hydrogens is 264 g/mol. The maximum Gasteiger partial charge on any atom is 0.150 e. The van der Waals surface area contributed by atoms with Gasteiger partial charge in [-0.05, 0) is 17.7 Å². The van der Waals surface area contributed by atoms with Crippen LogP contribution in [0.25, 0.3) is 0 Å². The van der Waals surface area contributed by atoms with E-state index in [-0.39, 0.29) is 0 Å². The fourth-order valence-electron chi connectivity index (χ4n) is 2.18. The molecule has 0 saturated heterocycles. The summed E-state index contributed by atoms with van der Waals surface area (Å²) in [5, 5.41) is 4.50. The number of nitrogens with two attached hydrogens (primary N) is 1. The number of aryl methyl sites for hydroxylation is 3. The molecule has 2 N–H and O–H groups in total. The zero-order chi connectivity index (χ0) is 15.1. The fraction of sp³-hybridized carbons (Fsp3) is 0.500. The van der Waals surface area contributed by atoms with Crippen molar-refractivity contribution in [2.24, 2.45) is 5.73 Å². The van der Waals surface area contributed by atoms with E-state index in [9.17, 15) is 0 Å². The van der Waals surface area contributed by atoms with Crippen LogP contribution in [0.5, 0.6) is 5.75 Å². The Kier molecular flexibility index (Phi) is 5.75. The zero-order valence-corrected chi connectivity index (χ0v) is 12.9. The van der Waals surface area contributed by atoms with Crippen LogP contribution in [0.1, 0.15) is 37.5 Å². The Balaban J connectivity index is 1.82. The smallest absolute Gasteiger partial charge is 0.150 e. The number of benzene rings is 1. The molecular formula is C16H24N4O. The van der Waals surface area contributed by atoms with Crippen LogP contribution < -0.4 is 10.5 Å². The van der Waals surface area contributed by atoms with E-state index in [0.717, 1.165) is 48.8 Å². The topological polar surface area (TPSA) is 66.0 Å². The SMILES string of the molecule is CCc1nc(CC)n(CCCOc2cccc(CN)c2)n1. The van der Waals surface area contributed by atoms with Gasteiger partial charge in [-0.3, -0.25) is 0 Å². The highest BCUT2D eigenvalue weighted by atomic mass is 16.5. The van der Waals surface area contributed by atoms with E-state index in [1.165, 1.54) is 0 Å². The van der Waals surface area contributed by atoms with Gasteiger partial charge >= 0.3 is 0 Å². The van der Waals surface area contributed by atoms with Crippen molar-refractivity contribution in [1.29, 1.82) is 0 Å². The molecule has 1 aromatic heterocycles. The average molecular weight is 288 g/mol. The Morgan fingerprint density at radius 1 is 1.24 bits per heavy atom.